The summed E-state index contributed by atoms with van der Waals surface area (Å²) in [5, 5.41) is 0. The Balaban J connectivity index is 2.08. The molecule has 0 saturated carbocycles. The molecule has 1 heterocycles. The van der Waals surface area contributed by atoms with Crippen LogP contribution >= 0.6 is 0 Å². The van der Waals surface area contributed by atoms with Crippen molar-refractivity contribution >= 4 is 12.0 Å². The summed E-state index contributed by atoms with van der Waals surface area (Å²) in [7, 11) is 0. The summed E-state index contributed by atoms with van der Waals surface area (Å²) in [6.45, 7) is 0. The molecule has 2 nitrogen and oxygen atoms in total. The maximum Gasteiger partial charge on any atom is 0.165 e. The molecule has 0 fully saturated rings. The van der Waals surface area contributed by atoms with Crippen LogP contribution in [0.3, 0.4) is 0 Å². The van der Waals surface area contributed by atoms with Crippen molar-refractivity contribution in [2.45, 2.75) is 64.2 Å². The van der Waals surface area contributed by atoms with Gasteiger partial charge >= 0.3 is 0 Å². The zero-order valence-corrected chi connectivity index (χ0v) is 10.0. The van der Waals surface area contributed by atoms with Crippen LogP contribution in [0.4, 0.5) is 0 Å². The Bertz CT molecular complexity index is 315. The Morgan fingerprint density at radius 2 is 1.50 bits per heavy atom. The Morgan fingerprint density at radius 1 is 0.875 bits per heavy atom. The smallest absolute Gasteiger partial charge is 0.165 e. The third-order valence-corrected chi connectivity index (χ3v) is 3.55. The van der Waals surface area contributed by atoms with E-state index in [2.05, 4.69) is 4.99 Å². The maximum absolute atomic E-state index is 11.8. The van der Waals surface area contributed by atoms with E-state index in [0.29, 0.717) is 12.2 Å². The predicted molar refractivity (Wildman–Crippen MR) is 66.7 cm³/mol. The number of aliphatic imine (C=N–C) groups is 1. The number of hydrogen-bond acceptors (Lipinski definition) is 2. The van der Waals surface area contributed by atoms with E-state index in [4.69, 9.17) is 0 Å². The molecule has 0 radical (unpaired) electrons. The standard InChI is InChI=1S/C14H21NO/c16-14-10-11-15-13-9-7-5-3-1-2-4-6-8-12(13)14/h11H,1-10H2. The number of nitrogens with zero attached hydrogens (tertiary/aromatic N) is 1. The third-order valence-electron chi connectivity index (χ3n) is 3.55. The number of carbonyl (C=O) groups is 1. The lowest BCUT2D eigenvalue weighted by Gasteiger charge is -2.13. The number of allylic oxidation sites excluding steroid dienone is 2. The lowest BCUT2D eigenvalue weighted by atomic mass is 9.96. The molecule has 1 aliphatic carbocycles. The zero-order valence-electron chi connectivity index (χ0n) is 10.0. The normalized spacial score (nSPS) is 23.9. The fourth-order valence-electron chi connectivity index (χ4n) is 2.58. The van der Waals surface area contributed by atoms with Crippen molar-refractivity contribution in [1.29, 1.82) is 0 Å². The number of ketones is 1. The summed E-state index contributed by atoms with van der Waals surface area (Å²) >= 11 is 0. The second-order valence-electron chi connectivity index (χ2n) is 4.84. The topological polar surface area (TPSA) is 29.4 Å². The highest BCUT2D eigenvalue weighted by atomic mass is 16.1. The fourth-order valence-corrected chi connectivity index (χ4v) is 2.58. The molecule has 0 saturated heterocycles. The first-order chi connectivity index (χ1) is 7.88. The van der Waals surface area contributed by atoms with Gasteiger partial charge in [0.25, 0.3) is 0 Å². The predicted octanol–water partition coefficient (Wildman–Crippen LogP) is 3.81. The summed E-state index contributed by atoms with van der Waals surface area (Å²) in [5.74, 6) is 0.323. The van der Waals surface area contributed by atoms with Crippen LogP contribution in [0, 0.1) is 0 Å². The van der Waals surface area contributed by atoms with Crippen LogP contribution in [0.25, 0.3) is 0 Å². The van der Waals surface area contributed by atoms with Crippen molar-refractivity contribution in [2.75, 3.05) is 0 Å². The molecule has 0 aromatic rings. The number of Topliss-reactive ketones (excluding diaryl/α,β-unsaturated/α-hetero) is 1. The van der Waals surface area contributed by atoms with E-state index in [9.17, 15) is 4.79 Å². The van der Waals surface area contributed by atoms with Gasteiger partial charge in [-0.25, -0.2) is 0 Å². The highest BCUT2D eigenvalue weighted by molar-refractivity contribution is 6.05. The van der Waals surface area contributed by atoms with E-state index < -0.39 is 0 Å². The fraction of sp³-hybridized carbons (Fsp3) is 0.714. The molecule has 2 aliphatic rings. The van der Waals surface area contributed by atoms with Gasteiger partial charge in [-0.1, -0.05) is 32.1 Å². The molecule has 0 bridgehead atoms. The molecule has 0 unspecified atom stereocenters. The molecule has 16 heavy (non-hydrogen) atoms. The molecule has 0 N–H and O–H groups in total. The van der Waals surface area contributed by atoms with Gasteiger partial charge in [0.1, 0.15) is 0 Å². The molecule has 88 valence electrons. The molecule has 0 aromatic heterocycles. The van der Waals surface area contributed by atoms with Crippen molar-refractivity contribution in [3.8, 4) is 0 Å². The minimum absolute atomic E-state index is 0.323. The number of hydrogen-bond donors (Lipinski definition) is 0. The van der Waals surface area contributed by atoms with Crippen LogP contribution in [0.15, 0.2) is 16.3 Å². The summed E-state index contributed by atoms with van der Waals surface area (Å²) in [4.78, 5) is 16.3. The monoisotopic (exact) mass is 219 g/mol. The molecule has 2 heteroatoms. The van der Waals surface area contributed by atoms with E-state index in [0.717, 1.165) is 24.1 Å². The Hall–Kier alpha value is -0.920. The van der Waals surface area contributed by atoms with Gasteiger partial charge in [0.05, 0.1) is 0 Å². The average molecular weight is 219 g/mol. The molecule has 0 aromatic carbocycles. The lowest BCUT2D eigenvalue weighted by Crippen LogP contribution is -2.10. The van der Waals surface area contributed by atoms with Crippen molar-refractivity contribution in [1.82, 2.24) is 0 Å². The van der Waals surface area contributed by atoms with Crippen LogP contribution in [0.5, 0.6) is 0 Å². The van der Waals surface area contributed by atoms with Gasteiger partial charge in [-0.3, -0.25) is 9.79 Å². The van der Waals surface area contributed by atoms with Crippen LogP contribution < -0.4 is 0 Å². The van der Waals surface area contributed by atoms with Crippen LogP contribution in [0.2, 0.25) is 0 Å². The molecular formula is C14H21NO. The Morgan fingerprint density at radius 3 is 2.25 bits per heavy atom. The van der Waals surface area contributed by atoms with E-state index in [1.54, 1.807) is 6.21 Å². The molecule has 2 rings (SSSR count). The second-order valence-corrected chi connectivity index (χ2v) is 4.84. The molecule has 1 aliphatic heterocycles. The van der Waals surface area contributed by atoms with Gasteiger partial charge in [-0.05, 0) is 25.7 Å². The first-order valence-electron chi connectivity index (χ1n) is 6.65. The average Bonchev–Trinajstić information content (AvgIpc) is 2.34. The van der Waals surface area contributed by atoms with Gasteiger partial charge in [-0.2, -0.15) is 0 Å². The van der Waals surface area contributed by atoms with Gasteiger partial charge in [-0.15, -0.1) is 0 Å². The highest BCUT2D eigenvalue weighted by Crippen LogP contribution is 2.25. The first kappa shape index (κ1) is 11.6. The summed E-state index contributed by atoms with van der Waals surface area (Å²) < 4.78 is 0. The summed E-state index contributed by atoms with van der Waals surface area (Å²) in [6, 6.07) is 0. The Kier molecular flexibility index (Phi) is 4.32. The van der Waals surface area contributed by atoms with Gasteiger partial charge in [0.2, 0.25) is 0 Å². The molecule has 0 atom stereocenters. The number of rotatable bonds is 0. The minimum atomic E-state index is 0.323. The first-order valence-corrected chi connectivity index (χ1v) is 6.65. The van der Waals surface area contributed by atoms with Gasteiger partial charge in [0, 0.05) is 23.9 Å². The maximum atomic E-state index is 11.8. The molecular weight excluding hydrogens is 198 g/mol. The third kappa shape index (κ3) is 3.03. The Labute approximate surface area is 97.8 Å². The van der Waals surface area contributed by atoms with Gasteiger partial charge in [0.15, 0.2) is 5.78 Å². The quantitative estimate of drug-likeness (QED) is 0.609. The van der Waals surface area contributed by atoms with E-state index >= 15 is 0 Å². The number of carbonyl (C=O) groups excluding carboxylic acids is 1. The van der Waals surface area contributed by atoms with Crippen LogP contribution in [-0.4, -0.2) is 12.0 Å². The highest BCUT2D eigenvalue weighted by Gasteiger charge is 2.17. The van der Waals surface area contributed by atoms with Gasteiger partial charge < -0.3 is 0 Å². The van der Waals surface area contributed by atoms with E-state index in [1.807, 2.05) is 0 Å². The minimum Gasteiger partial charge on any atom is -0.294 e. The summed E-state index contributed by atoms with van der Waals surface area (Å²) in [6.07, 6.45) is 13.3. The van der Waals surface area contributed by atoms with E-state index in [-0.39, 0.29) is 0 Å². The largest absolute Gasteiger partial charge is 0.294 e. The lowest BCUT2D eigenvalue weighted by molar-refractivity contribution is -0.114. The van der Waals surface area contributed by atoms with Crippen molar-refractivity contribution in [3.05, 3.63) is 11.3 Å². The van der Waals surface area contributed by atoms with Crippen LogP contribution in [0.1, 0.15) is 64.2 Å². The van der Waals surface area contributed by atoms with Crippen molar-refractivity contribution < 1.29 is 4.79 Å². The summed E-state index contributed by atoms with van der Waals surface area (Å²) in [5.41, 5.74) is 2.14. The van der Waals surface area contributed by atoms with E-state index in [1.165, 1.54) is 44.9 Å². The second kappa shape index (κ2) is 5.97. The zero-order chi connectivity index (χ0) is 11.2. The van der Waals surface area contributed by atoms with Crippen molar-refractivity contribution in [3.63, 3.8) is 0 Å². The molecule has 0 spiro atoms. The van der Waals surface area contributed by atoms with Crippen molar-refractivity contribution in [2.24, 2.45) is 4.99 Å². The molecule has 0 amide bonds. The van der Waals surface area contributed by atoms with Crippen LogP contribution in [-0.2, 0) is 4.79 Å². The SMILES string of the molecule is O=C1CC=NC2=C1CCCCCCCCC2.